The molecule has 4 saturated carbocycles. The first-order valence-corrected chi connectivity index (χ1v) is 9.82. The van der Waals surface area contributed by atoms with Gasteiger partial charge in [-0.25, -0.2) is 0 Å². The molecule has 7 atom stereocenters. The predicted octanol–water partition coefficient (Wildman–Crippen LogP) is 3.98. The quantitative estimate of drug-likeness (QED) is 0.730. The number of ketones is 3. The van der Waals surface area contributed by atoms with Crippen molar-refractivity contribution in [2.45, 2.75) is 72.1 Å². The van der Waals surface area contributed by atoms with Crippen LogP contribution in [0.2, 0.25) is 0 Å². The minimum Gasteiger partial charge on any atom is -0.300 e. The zero-order valence-corrected chi connectivity index (χ0v) is 15.3. The van der Waals surface area contributed by atoms with E-state index in [1.165, 1.54) is 0 Å². The molecule has 4 fully saturated rings. The van der Waals surface area contributed by atoms with Crippen LogP contribution in [0.1, 0.15) is 72.1 Å². The van der Waals surface area contributed by atoms with Crippen molar-refractivity contribution >= 4 is 17.3 Å². The van der Waals surface area contributed by atoms with Crippen LogP contribution in [-0.2, 0) is 14.4 Å². The molecule has 3 heteroatoms. The number of carbonyl (C=O) groups is 3. The topological polar surface area (TPSA) is 51.2 Å². The summed E-state index contributed by atoms with van der Waals surface area (Å²) in [5, 5.41) is 0. The van der Waals surface area contributed by atoms with Gasteiger partial charge in [0, 0.05) is 31.1 Å². The SMILES string of the molecule is CC(=O)C1CC(=O)C2C3CCC4CC(=O)CCC4(C)C3CCC12C. The Morgan fingerprint density at radius 3 is 2.46 bits per heavy atom. The molecule has 0 bridgehead atoms. The van der Waals surface area contributed by atoms with Gasteiger partial charge in [0.25, 0.3) is 0 Å². The summed E-state index contributed by atoms with van der Waals surface area (Å²) in [4.78, 5) is 37.0. The number of fused-ring (bicyclic) bond motifs is 5. The van der Waals surface area contributed by atoms with E-state index in [0.29, 0.717) is 35.7 Å². The van der Waals surface area contributed by atoms with Gasteiger partial charge in [0.1, 0.15) is 17.3 Å². The Labute approximate surface area is 144 Å². The molecule has 0 N–H and O–H groups in total. The van der Waals surface area contributed by atoms with Gasteiger partial charge in [-0.3, -0.25) is 14.4 Å². The molecule has 24 heavy (non-hydrogen) atoms. The van der Waals surface area contributed by atoms with Crippen LogP contribution in [0, 0.1) is 40.4 Å². The second-order valence-electron chi connectivity index (χ2n) is 9.65. The lowest BCUT2D eigenvalue weighted by Crippen LogP contribution is -2.54. The van der Waals surface area contributed by atoms with Gasteiger partial charge in [-0.05, 0) is 67.6 Å². The number of hydrogen-bond donors (Lipinski definition) is 0. The van der Waals surface area contributed by atoms with Crippen LogP contribution in [0.5, 0.6) is 0 Å². The Morgan fingerprint density at radius 2 is 1.75 bits per heavy atom. The van der Waals surface area contributed by atoms with Crippen molar-refractivity contribution in [3.05, 3.63) is 0 Å². The molecule has 0 amide bonds. The summed E-state index contributed by atoms with van der Waals surface area (Å²) in [6.07, 6.45) is 7.27. The summed E-state index contributed by atoms with van der Waals surface area (Å²) in [5.74, 6) is 2.54. The summed E-state index contributed by atoms with van der Waals surface area (Å²) in [5.41, 5.74) is 0.116. The van der Waals surface area contributed by atoms with E-state index in [0.717, 1.165) is 44.9 Å². The molecule has 0 radical (unpaired) electrons. The number of carbonyl (C=O) groups excluding carboxylic acids is 3. The Bertz CT molecular complexity index is 608. The van der Waals surface area contributed by atoms with Gasteiger partial charge in [-0.2, -0.15) is 0 Å². The Balaban J connectivity index is 1.68. The highest BCUT2D eigenvalue weighted by atomic mass is 16.1. The van der Waals surface area contributed by atoms with Crippen LogP contribution in [0.15, 0.2) is 0 Å². The van der Waals surface area contributed by atoms with Crippen molar-refractivity contribution in [2.75, 3.05) is 0 Å². The van der Waals surface area contributed by atoms with Gasteiger partial charge in [0.2, 0.25) is 0 Å². The summed E-state index contributed by atoms with van der Waals surface area (Å²) < 4.78 is 0. The summed E-state index contributed by atoms with van der Waals surface area (Å²) >= 11 is 0. The van der Waals surface area contributed by atoms with E-state index in [-0.39, 0.29) is 28.4 Å². The fraction of sp³-hybridized carbons (Fsp3) is 0.857. The Kier molecular flexibility index (Phi) is 3.61. The molecule has 132 valence electrons. The molecule has 0 aliphatic heterocycles. The lowest BCUT2D eigenvalue weighted by atomic mass is 9.44. The molecule has 0 heterocycles. The standard InChI is InChI=1S/C21H30O3/c1-12(22)17-11-18(24)19-15-5-4-13-10-14(23)6-8-20(13,2)16(15)7-9-21(17,19)3/h13,15-17,19H,4-11H2,1-3H3. The Morgan fingerprint density at radius 1 is 1.00 bits per heavy atom. The molecule has 3 nitrogen and oxygen atoms in total. The second-order valence-corrected chi connectivity index (χ2v) is 9.65. The fourth-order valence-electron chi connectivity index (χ4n) is 7.45. The van der Waals surface area contributed by atoms with E-state index in [1.807, 2.05) is 0 Å². The maximum atomic E-state index is 12.9. The van der Waals surface area contributed by atoms with E-state index in [1.54, 1.807) is 6.92 Å². The molecule has 0 aromatic heterocycles. The normalized spacial score (nSPS) is 50.9. The highest BCUT2D eigenvalue weighted by molar-refractivity contribution is 5.93. The molecule has 7 unspecified atom stereocenters. The average Bonchev–Trinajstić information content (AvgIpc) is 2.80. The van der Waals surface area contributed by atoms with Gasteiger partial charge in [-0.1, -0.05) is 13.8 Å². The molecular weight excluding hydrogens is 300 g/mol. The number of Topliss-reactive ketones (excluding diaryl/α,β-unsaturated/α-hetero) is 3. The van der Waals surface area contributed by atoms with Crippen molar-refractivity contribution in [1.82, 2.24) is 0 Å². The first kappa shape index (κ1) is 16.5. The third-order valence-electron chi connectivity index (χ3n) is 8.73. The van der Waals surface area contributed by atoms with Gasteiger partial charge in [0.05, 0.1) is 0 Å². The molecule has 0 saturated heterocycles. The van der Waals surface area contributed by atoms with E-state index in [4.69, 9.17) is 0 Å². The maximum Gasteiger partial charge on any atom is 0.137 e. The molecular formula is C21H30O3. The zero-order valence-electron chi connectivity index (χ0n) is 15.3. The van der Waals surface area contributed by atoms with Crippen molar-refractivity contribution in [3.63, 3.8) is 0 Å². The molecule has 4 aliphatic carbocycles. The highest BCUT2D eigenvalue weighted by Crippen LogP contribution is 2.66. The summed E-state index contributed by atoms with van der Waals surface area (Å²) in [6, 6.07) is 0. The van der Waals surface area contributed by atoms with Crippen molar-refractivity contribution in [2.24, 2.45) is 40.4 Å². The summed E-state index contributed by atoms with van der Waals surface area (Å²) in [7, 11) is 0. The predicted molar refractivity (Wildman–Crippen MR) is 91.3 cm³/mol. The zero-order chi connectivity index (χ0) is 17.3. The smallest absolute Gasteiger partial charge is 0.137 e. The monoisotopic (exact) mass is 330 g/mol. The molecule has 0 aromatic carbocycles. The van der Waals surface area contributed by atoms with Crippen molar-refractivity contribution in [3.8, 4) is 0 Å². The van der Waals surface area contributed by atoms with Crippen LogP contribution in [0.3, 0.4) is 0 Å². The van der Waals surface area contributed by atoms with Crippen LogP contribution in [0.25, 0.3) is 0 Å². The average molecular weight is 330 g/mol. The van der Waals surface area contributed by atoms with Gasteiger partial charge in [0.15, 0.2) is 0 Å². The minimum atomic E-state index is -0.113. The maximum absolute atomic E-state index is 12.9. The van der Waals surface area contributed by atoms with Crippen LogP contribution in [0.4, 0.5) is 0 Å². The molecule has 4 aliphatic rings. The number of hydrogen-bond acceptors (Lipinski definition) is 3. The first-order valence-electron chi connectivity index (χ1n) is 9.82. The highest BCUT2D eigenvalue weighted by Gasteiger charge is 2.63. The second kappa shape index (κ2) is 5.25. The largest absolute Gasteiger partial charge is 0.300 e. The molecule has 0 aromatic rings. The van der Waals surface area contributed by atoms with Gasteiger partial charge < -0.3 is 0 Å². The van der Waals surface area contributed by atoms with E-state index < -0.39 is 0 Å². The Hall–Kier alpha value is -0.990. The minimum absolute atomic E-state index is 0.0607. The third kappa shape index (κ3) is 2.05. The van der Waals surface area contributed by atoms with Gasteiger partial charge >= 0.3 is 0 Å². The number of rotatable bonds is 1. The van der Waals surface area contributed by atoms with E-state index >= 15 is 0 Å². The van der Waals surface area contributed by atoms with E-state index in [9.17, 15) is 14.4 Å². The van der Waals surface area contributed by atoms with Crippen LogP contribution >= 0.6 is 0 Å². The summed E-state index contributed by atoms with van der Waals surface area (Å²) in [6.45, 7) is 6.28. The van der Waals surface area contributed by atoms with Crippen LogP contribution < -0.4 is 0 Å². The third-order valence-corrected chi connectivity index (χ3v) is 8.73. The first-order chi connectivity index (χ1) is 11.3. The lowest BCUT2D eigenvalue weighted by molar-refractivity contribution is -0.149. The molecule has 4 rings (SSSR count). The van der Waals surface area contributed by atoms with Crippen molar-refractivity contribution in [1.29, 1.82) is 0 Å². The molecule has 0 spiro atoms. The van der Waals surface area contributed by atoms with Gasteiger partial charge in [-0.15, -0.1) is 0 Å². The van der Waals surface area contributed by atoms with E-state index in [2.05, 4.69) is 13.8 Å². The lowest BCUT2D eigenvalue weighted by Gasteiger charge is -2.59. The van der Waals surface area contributed by atoms with Crippen molar-refractivity contribution < 1.29 is 14.4 Å². The van der Waals surface area contributed by atoms with Crippen LogP contribution in [-0.4, -0.2) is 17.3 Å². The fourth-order valence-corrected chi connectivity index (χ4v) is 7.45.